The first-order chi connectivity index (χ1) is 9.67. The largest absolute Gasteiger partial charge is 0.436 e. The molecule has 0 radical (unpaired) electrons. The Morgan fingerprint density at radius 1 is 1.35 bits per heavy atom. The number of nitrogens with one attached hydrogen (secondary N) is 2. The second-order valence-electron chi connectivity index (χ2n) is 3.88. The van der Waals surface area contributed by atoms with E-state index in [9.17, 15) is 0 Å². The monoisotopic (exact) mass is 353 g/mol. The van der Waals surface area contributed by atoms with Crippen molar-refractivity contribution in [2.24, 2.45) is 0 Å². The Balaban J connectivity index is 2.07. The van der Waals surface area contributed by atoms with Crippen LogP contribution < -0.4 is 10.1 Å². The first-order valence-corrected chi connectivity index (χ1v) is 6.86. The van der Waals surface area contributed by atoms with Gasteiger partial charge in [0.15, 0.2) is 5.65 Å². The predicted molar refractivity (Wildman–Crippen MR) is 80.5 cm³/mol. The molecule has 3 aromatic rings. The molecule has 3 rings (SSSR count). The number of hydrogen-bond donors (Lipinski definition) is 2. The van der Waals surface area contributed by atoms with Gasteiger partial charge < -0.3 is 15.0 Å². The van der Waals surface area contributed by atoms with Crippen LogP contribution in [0, 0.1) is 0 Å². The molecule has 0 saturated carbocycles. The summed E-state index contributed by atoms with van der Waals surface area (Å²) in [5.41, 5.74) is 1.16. The minimum absolute atomic E-state index is 0.389. The number of hydrogen-bond acceptors (Lipinski definition) is 5. The molecule has 0 saturated heterocycles. The Bertz CT molecular complexity index is 776. The molecule has 102 valence electrons. The van der Waals surface area contributed by atoms with E-state index in [0.29, 0.717) is 33.8 Å². The molecule has 0 aliphatic carbocycles. The maximum Gasteiger partial charge on any atom is 0.250 e. The van der Waals surface area contributed by atoms with Crippen LogP contribution in [0.5, 0.6) is 11.6 Å². The number of halogens is 2. The summed E-state index contributed by atoms with van der Waals surface area (Å²) in [6, 6.07) is 5.25. The molecule has 0 aliphatic rings. The number of benzene rings is 1. The number of aromatic nitrogens is 4. The summed E-state index contributed by atoms with van der Waals surface area (Å²) in [6.07, 6.45) is 1.54. The Labute approximate surface area is 127 Å². The van der Waals surface area contributed by atoms with Gasteiger partial charge in [-0.15, -0.1) is 0 Å². The molecule has 2 aromatic heterocycles. The summed E-state index contributed by atoms with van der Waals surface area (Å²) in [6.45, 7) is 0. The molecule has 2 heterocycles. The molecule has 0 bridgehead atoms. The molecule has 8 heteroatoms. The van der Waals surface area contributed by atoms with E-state index >= 15 is 0 Å². The van der Waals surface area contributed by atoms with Gasteiger partial charge in [-0.3, -0.25) is 0 Å². The molecule has 0 unspecified atom stereocenters. The van der Waals surface area contributed by atoms with Gasteiger partial charge in [0.2, 0.25) is 5.95 Å². The van der Waals surface area contributed by atoms with Gasteiger partial charge in [-0.05, 0) is 34.1 Å². The third kappa shape index (κ3) is 2.41. The van der Waals surface area contributed by atoms with Gasteiger partial charge in [-0.1, -0.05) is 11.6 Å². The number of H-pyrrole nitrogens is 1. The molecule has 0 aliphatic heterocycles. The Hall–Kier alpha value is -1.86. The normalized spacial score (nSPS) is 10.8. The van der Waals surface area contributed by atoms with Crippen LogP contribution in [0.3, 0.4) is 0 Å². The van der Waals surface area contributed by atoms with E-state index in [1.54, 1.807) is 31.6 Å². The van der Waals surface area contributed by atoms with Crippen molar-refractivity contribution in [1.29, 1.82) is 0 Å². The number of rotatable bonds is 3. The summed E-state index contributed by atoms with van der Waals surface area (Å²) in [5, 5.41) is 3.49. The zero-order chi connectivity index (χ0) is 14.1. The molecule has 20 heavy (non-hydrogen) atoms. The zero-order valence-corrected chi connectivity index (χ0v) is 12.7. The maximum absolute atomic E-state index is 5.91. The minimum atomic E-state index is 0.389. The highest BCUT2D eigenvalue weighted by molar-refractivity contribution is 9.10. The molecular weight excluding hydrogens is 346 g/mol. The minimum Gasteiger partial charge on any atom is -0.436 e. The summed E-state index contributed by atoms with van der Waals surface area (Å²) < 4.78 is 6.55. The van der Waals surface area contributed by atoms with Crippen LogP contribution in [0.2, 0.25) is 5.02 Å². The van der Waals surface area contributed by atoms with Gasteiger partial charge in [-0.2, -0.15) is 9.97 Å². The number of imidazole rings is 1. The van der Waals surface area contributed by atoms with Crippen molar-refractivity contribution >= 4 is 44.6 Å². The number of ether oxygens (including phenoxy) is 1. The SMILES string of the molecule is CNc1nc(Oc2ccc(Cl)cc2Br)c2[nH]cnc2n1. The van der Waals surface area contributed by atoms with E-state index in [-0.39, 0.29) is 0 Å². The highest BCUT2D eigenvalue weighted by Gasteiger charge is 2.13. The van der Waals surface area contributed by atoms with Gasteiger partial charge in [0.1, 0.15) is 11.3 Å². The van der Waals surface area contributed by atoms with E-state index < -0.39 is 0 Å². The van der Waals surface area contributed by atoms with Crippen LogP contribution in [0.4, 0.5) is 5.95 Å². The fourth-order valence-corrected chi connectivity index (χ4v) is 2.42. The van der Waals surface area contributed by atoms with Crippen LogP contribution in [0.15, 0.2) is 29.0 Å². The second kappa shape index (κ2) is 5.26. The average molecular weight is 355 g/mol. The van der Waals surface area contributed by atoms with E-state index in [1.165, 1.54) is 0 Å². The van der Waals surface area contributed by atoms with Crippen molar-refractivity contribution in [2.45, 2.75) is 0 Å². The Morgan fingerprint density at radius 2 is 2.20 bits per heavy atom. The van der Waals surface area contributed by atoms with Gasteiger partial charge in [0.05, 0.1) is 10.8 Å². The summed E-state index contributed by atoms with van der Waals surface area (Å²) in [7, 11) is 1.73. The maximum atomic E-state index is 5.91. The lowest BCUT2D eigenvalue weighted by Crippen LogP contribution is -1.99. The Kier molecular flexibility index (Phi) is 3.45. The van der Waals surface area contributed by atoms with Crippen molar-refractivity contribution in [3.63, 3.8) is 0 Å². The first-order valence-electron chi connectivity index (χ1n) is 5.69. The number of aromatic amines is 1. The zero-order valence-electron chi connectivity index (χ0n) is 10.3. The van der Waals surface area contributed by atoms with Crippen molar-refractivity contribution in [3.8, 4) is 11.6 Å². The molecule has 6 nitrogen and oxygen atoms in total. The molecule has 0 spiro atoms. The predicted octanol–water partition coefficient (Wildman–Crippen LogP) is 3.60. The van der Waals surface area contributed by atoms with E-state index in [2.05, 4.69) is 41.2 Å². The molecule has 2 N–H and O–H groups in total. The highest BCUT2D eigenvalue weighted by atomic mass is 79.9. The molecule has 0 amide bonds. The summed E-state index contributed by atoms with van der Waals surface area (Å²) in [4.78, 5) is 15.6. The molecular formula is C12H9BrClN5O. The van der Waals surface area contributed by atoms with E-state index in [1.807, 2.05) is 0 Å². The van der Waals surface area contributed by atoms with Crippen molar-refractivity contribution in [2.75, 3.05) is 12.4 Å². The summed E-state index contributed by atoms with van der Waals surface area (Å²) in [5.74, 6) is 1.43. The number of nitrogens with zero attached hydrogens (tertiary/aromatic N) is 3. The highest BCUT2D eigenvalue weighted by Crippen LogP contribution is 2.33. The van der Waals surface area contributed by atoms with E-state index in [0.717, 1.165) is 4.47 Å². The van der Waals surface area contributed by atoms with Crippen LogP contribution in [-0.4, -0.2) is 27.0 Å². The Morgan fingerprint density at radius 3 is 2.95 bits per heavy atom. The first kappa shape index (κ1) is 13.1. The quantitative estimate of drug-likeness (QED) is 0.751. The van der Waals surface area contributed by atoms with Gasteiger partial charge in [0.25, 0.3) is 5.88 Å². The van der Waals surface area contributed by atoms with Crippen LogP contribution in [0.1, 0.15) is 0 Å². The van der Waals surface area contributed by atoms with Crippen LogP contribution >= 0.6 is 27.5 Å². The van der Waals surface area contributed by atoms with Gasteiger partial charge in [0, 0.05) is 12.1 Å². The standard InChI is InChI=1S/C12H9BrClN5O/c1-15-12-18-10-9(16-5-17-10)11(19-12)20-8-3-2-6(14)4-7(8)13/h2-5H,1H3,(H2,15,16,17,18,19). The lowest BCUT2D eigenvalue weighted by atomic mass is 10.3. The van der Waals surface area contributed by atoms with E-state index in [4.69, 9.17) is 16.3 Å². The lowest BCUT2D eigenvalue weighted by Gasteiger charge is -2.08. The third-order valence-corrected chi connectivity index (χ3v) is 3.43. The summed E-state index contributed by atoms with van der Waals surface area (Å²) >= 11 is 9.31. The van der Waals surface area contributed by atoms with Crippen LogP contribution in [0.25, 0.3) is 11.2 Å². The molecule has 0 fully saturated rings. The number of fused-ring (bicyclic) bond motifs is 1. The van der Waals surface area contributed by atoms with Crippen molar-refractivity contribution < 1.29 is 4.74 Å². The lowest BCUT2D eigenvalue weighted by molar-refractivity contribution is 0.465. The second-order valence-corrected chi connectivity index (χ2v) is 5.17. The van der Waals surface area contributed by atoms with Crippen molar-refractivity contribution in [3.05, 3.63) is 34.0 Å². The fraction of sp³-hybridized carbons (Fsp3) is 0.0833. The molecule has 1 aromatic carbocycles. The topological polar surface area (TPSA) is 75.7 Å². The van der Waals surface area contributed by atoms with Crippen LogP contribution in [-0.2, 0) is 0 Å². The smallest absolute Gasteiger partial charge is 0.250 e. The van der Waals surface area contributed by atoms with Gasteiger partial charge in [-0.25, -0.2) is 4.98 Å². The third-order valence-electron chi connectivity index (χ3n) is 2.58. The fourth-order valence-electron chi connectivity index (χ4n) is 1.65. The average Bonchev–Trinajstić information content (AvgIpc) is 2.90. The van der Waals surface area contributed by atoms with Gasteiger partial charge >= 0.3 is 0 Å². The molecule has 0 atom stereocenters. The number of anilines is 1. The van der Waals surface area contributed by atoms with Crippen molar-refractivity contribution in [1.82, 2.24) is 19.9 Å².